The molecule has 0 bridgehead atoms. The molecular weight excluding hydrogens is 136 g/mol. The largest absolute Gasteiger partial charge is 0.349 e. The van der Waals surface area contributed by atoms with Crippen molar-refractivity contribution in [3.8, 4) is 0 Å². The zero-order valence-corrected chi connectivity index (χ0v) is 7.33. The van der Waals surface area contributed by atoms with E-state index >= 15 is 0 Å². The highest BCUT2D eigenvalue weighted by Crippen LogP contribution is 2.14. The van der Waals surface area contributed by atoms with E-state index in [9.17, 15) is 0 Å². The summed E-state index contributed by atoms with van der Waals surface area (Å²) in [5.41, 5.74) is 2.08. The van der Waals surface area contributed by atoms with Gasteiger partial charge in [-0.3, -0.25) is 4.99 Å². The van der Waals surface area contributed by atoms with Gasteiger partial charge in [0.25, 0.3) is 0 Å². The highest BCUT2D eigenvalue weighted by atomic mass is 15.1. The van der Waals surface area contributed by atoms with Crippen LogP contribution in [0.2, 0.25) is 0 Å². The van der Waals surface area contributed by atoms with Crippen molar-refractivity contribution in [2.45, 2.75) is 13.8 Å². The molecule has 0 spiro atoms. The molecule has 0 N–H and O–H groups in total. The second-order valence-electron chi connectivity index (χ2n) is 3.02. The van der Waals surface area contributed by atoms with Crippen molar-refractivity contribution in [2.24, 2.45) is 10.9 Å². The lowest BCUT2D eigenvalue weighted by molar-refractivity contribution is 0.584. The molecule has 1 aliphatic heterocycles. The maximum absolute atomic E-state index is 4.26. The Labute approximate surface area is 67.9 Å². The van der Waals surface area contributed by atoms with Crippen LogP contribution in [0.5, 0.6) is 0 Å². The molecular formula is C9H14N2. The maximum Gasteiger partial charge on any atom is 0.0659 e. The summed E-state index contributed by atoms with van der Waals surface area (Å²) in [4.78, 5) is 6.24. The Balaban J connectivity index is 2.87. The first kappa shape index (κ1) is 8.05. The van der Waals surface area contributed by atoms with E-state index in [1.165, 1.54) is 0 Å². The highest BCUT2D eigenvalue weighted by molar-refractivity contribution is 6.01. The van der Waals surface area contributed by atoms with Crippen molar-refractivity contribution in [1.82, 2.24) is 4.90 Å². The summed E-state index contributed by atoms with van der Waals surface area (Å²) in [6.45, 7) is 8.19. The lowest BCUT2D eigenvalue weighted by Gasteiger charge is -2.23. The van der Waals surface area contributed by atoms with E-state index in [1.807, 2.05) is 24.3 Å². The first-order valence-corrected chi connectivity index (χ1v) is 3.79. The maximum atomic E-state index is 4.26. The smallest absolute Gasteiger partial charge is 0.0659 e. The second kappa shape index (κ2) is 2.91. The van der Waals surface area contributed by atoms with E-state index in [0.29, 0.717) is 5.92 Å². The Bertz CT molecular complexity index is 224. The quantitative estimate of drug-likeness (QED) is 0.558. The number of nitrogens with zero attached hydrogens (tertiary/aromatic N) is 2. The molecule has 0 aromatic heterocycles. The van der Waals surface area contributed by atoms with Gasteiger partial charge in [0.15, 0.2) is 0 Å². The molecule has 0 aliphatic carbocycles. The summed E-state index contributed by atoms with van der Waals surface area (Å²) >= 11 is 0. The van der Waals surface area contributed by atoms with E-state index in [-0.39, 0.29) is 0 Å². The molecule has 1 rings (SSSR count). The first-order valence-electron chi connectivity index (χ1n) is 3.79. The van der Waals surface area contributed by atoms with Gasteiger partial charge in [-0.05, 0) is 5.92 Å². The standard InChI is InChI=1S/C9H14N2/c1-7(2)9-8(3)11(4)6-5-10-9/h5-7H,3H2,1-2,4H3. The predicted molar refractivity (Wildman–Crippen MR) is 48.3 cm³/mol. The van der Waals surface area contributed by atoms with Crippen LogP contribution in [0.25, 0.3) is 0 Å². The average Bonchev–Trinajstić information content (AvgIpc) is 1.94. The van der Waals surface area contributed by atoms with Gasteiger partial charge < -0.3 is 4.90 Å². The van der Waals surface area contributed by atoms with Crippen LogP contribution >= 0.6 is 0 Å². The van der Waals surface area contributed by atoms with Crippen molar-refractivity contribution in [3.63, 3.8) is 0 Å². The van der Waals surface area contributed by atoms with Gasteiger partial charge in [-0.25, -0.2) is 0 Å². The molecule has 2 nitrogen and oxygen atoms in total. The van der Waals surface area contributed by atoms with Crippen molar-refractivity contribution < 1.29 is 0 Å². The Morgan fingerprint density at radius 3 is 2.64 bits per heavy atom. The summed E-state index contributed by atoms with van der Waals surface area (Å²) in [6.07, 6.45) is 3.72. The molecule has 0 aromatic carbocycles. The molecule has 1 aliphatic rings. The van der Waals surface area contributed by atoms with Gasteiger partial charge in [-0.2, -0.15) is 0 Å². The third kappa shape index (κ3) is 1.50. The molecule has 0 amide bonds. The van der Waals surface area contributed by atoms with Gasteiger partial charge in [0.05, 0.1) is 11.4 Å². The lowest BCUT2D eigenvalue weighted by atomic mass is 10.0. The average molecular weight is 150 g/mol. The molecule has 0 saturated heterocycles. The van der Waals surface area contributed by atoms with Crippen LogP contribution in [0.4, 0.5) is 0 Å². The molecule has 1 heterocycles. The minimum atomic E-state index is 0.454. The normalized spacial score (nSPS) is 17.6. The minimum Gasteiger partial charge on any atom is -0.349 e. The highest BCUT2D eigenvalue weighted by Gasteiger charge is 2.13. The fraction of sp³-hybridized carbons (Fsp3) is 0.444. The fourth-order valence-electron chi connectivity index (χ4n) is 1.04. The third-order valence-electron chi connectivity index (χ3n) is 1.77. The summed E-state index contributed by atoms with van der Waals surface area (Å²) < 4.78 is 0. The number of allylic oxidation sites excluding steroid dienone is 1. The molecule has 0 atom stereocenters. The number of hydrogen-bond acceptors (Lipinski definition) is 2. The van der Waals surface area contributed by atoms with Crippen LogP contribution in [-0.4, -0.2) is 17.7 Å². The van der Waals surface area contributed by atoms with E-state index in [4.69, 9.17) is 0 Å². The van der Waals surface area contributed by atoms with Crippen molar-refractivity contribution in [2.75, 3.05) is 7.05 Å². The first-order chi connectivity index (χ1) is 5.13. The van der Waals surface area contributed by atoms with Crippen molar-refractivity contribution in [1.29, 1.82) is 0 Å². The summed E-state index contributed by atoms with van der Waals surface area (Å²) in [6, 6.07) is 0. The molecule has 0 aromatic rings. The third-order valence-corrected chi connectivity index (χ3v) is 1.77. The zero-order chi connectivity index (χ0) is 8.43. The summed E-state index contributed by atoms with van der Waals surface area (Å²) in [7, 11) is 1.98. The topological polar surface area (TPSA) is 15.6 Å². The molecule has 11 heavy (non-hydrogen) atoms. The van der Waals surface area contributed by atoms with Crippen LogP contribution in [-0.2, 0) is 0 Å². The van der Waals surface area contributed by atoms with Crippen LogP contribution in [0.1, 0.15) is 13.8 Å². The number of rotatable bonds is 1. The van der Waals surface area contributed by atoms with Gasteiger partial charge in [0, 0.05) is 19.4 Å². The van der Waals surface area contributed by atoms with E-state index in [1.54, 1.807) is 0 Å². The Kier molecular flexibility index (Phi) is 2.13. The van der Waals surface area contributed by atoms with Crippen LogP contribution in [0.15, 0.2) is 29.7 Å². The van der Waals surface area contributed by atoms with Crippen molar-refractivity contribution >= 4 is 5.71 Å². The summed E-state index contributed by atoms with van der Waals surface area (Å²) in [5, 5.41) is 0. The zero-order valence-electron chi connectivity index (χ0n) is 7.33. The Hall–Kier alpha value is -1.05. The molecule has 0 unspecified atom stereocenters. The Morgan fingerprint density at radius 1 is 1.55 bits per heavy atom. The second-order valence-corrected chi connectivity index (χ2v) is 3.02. The van der Waals surface area contributed by atoms with E-state index in [2.05, 4.69) is 25.4 Å². The molecule has 0 saturated carbocycles. The van der Waals surface area contributed by atoms with Crippen LogP contribution in [0.3, 0.4) is 0 Å². The lowest BCUT2D eigenvalue weighted by Crippen LogP contribution is -2.23. The predicted octanol–water partition coefficient (Wildman–Crippen LogP) is 2.01. The van der Waals surface area contributed by atoms with Crippen LogP contribution in [0, 0.1) is 5.92 Å². The van der Waals surface area contributed by atoms with Gasteiger partial charge >= 0.3 is 0 Å². The molecule has 60 valence electrons. The Morgan fingerprint density at radius 2 is 2.18 bits per heavy atom. The van der Waals surface area contributed by atoms with E-state index in [0.717, 1.165) is 11.4 Å². The number of aliphatic imine (C=N–C) groups is 1. The van der Waals surface area contributed by atoms with Crippen LogP contribution < -0.4 is 0 Å². The van der Waals surface area contributed by atoms with Crippen molar-refractivity contribution in [3.05, 3.63) is 24.7 Å². The number of hydrogen-bond donors (Lipinski definition) is 0. The fourth-order valence-corrected chi connectivity index (χ4v) is 1.04. The molecule has 0 radical (unpaired) electrons. The van der Waals surface area contributed by atoms with E-state index < -0.39 is 0 Å². The SMILES string of the molecule is C=C1C(C(C)C)=NC=CN1C. The summed E-state index contributed by atoms with van der Waals surface area (Å²) in [5.74, 6) is 0.454. The van der Waals surface area contributed by atoms with Gasteiger partial charge in [-0.15, -0.1) is 0 Å². The molecule has 0 fully saturated rings. The molecule has 2 heteroatoms. The van der Waals surface area contributed by atoms with Gasteiger partial charge in [0.1, 0.15) is 0 Å². The monoisotopic (exact) mass is 150 g/mol. The van der Waals surface area contributed by atoms with Gasteiger partial charge in [-0.1, -0.05) is 20.4 Å². The minimum absolute atomic E-state index is 0.454. The van der Waals surface area contributed by atoms with Gasteiger partial charge in [0.2, 0.25) is 0 Å².